The number of benzene rings is 1. The molecule has 0 aliphatic rings. The van der Waals surface area contributed by atoms with Crippen LogP contribution in [-0.4, -0.2) is 44.7 Å². The van der Waals surface area contributed by atoms with Gasteiger partial charge in [-0.15, -0.1) is 0 Å². The molecule has 0 aliphatic heterocycles. The van der Waals surface area contributed by atoms with E-state index in [0.717, 1.165) is 13.0 Å². The summed E-state index contributed by atoms with van der Waals surface area (Å²) in [5.41, 5.74) is 1.28. The van der Waals surface area contributed by atoms with Gasteiger partial charge in [0.25, 0.3) is 0 Å². The van der Waals surface area contributed by atoms with E-state index in [2.05, 4.69) is 5.32 Å². The highest BCUT2D eigenvalue weighted by atomic mass is 16.5. The molecule has 1 aromatic rings. The van der Waals surface area contributed by atoms with Crippen molar-refractivity contribution in [1.82, 2.24) is 4.90 Å². The van der Waals surface area contributed by atoms with Crippen molar-refractivity contribution >= 4 is 11.6 Å². The third-order valence-electron chi connectivity index (χ3n) is 2.60. The van der Waals surface area contributed by atoms with Crippen molar-refractivity contribution in [3.05, 3.63) is 29.8 Å². The molecular formula is C14H19N3O2. The zero-order valence-corrected chi connectivity index (χ0v) is 11.3. The summed E-state index contributed by atoms with van der Waals surface area (Å²) in [7, 11) is 3.56. The Balaban J connectivity index is 2.35. The molecule has 0 atom stereocenters. The Morgan fingerprint density at radius 3 is 2.68 bits per heavy atom. The van der Waals surface area contributed by atoms with Crippen LogP contribution < -0.4 is 5.32 Å². The lowest BCUT2D eigenvalue weighted by atomic mass is 10.2. The molecule has 1 rings (SSSR count). The molecule has 0 saturated carbocycles. The SMILES string of the molecule is COCCCN(C)CC(=O)Nc1ccc(C#N)cc1. The number of amides is 1. The van der Waals surface area contributed by atoms with Crippen molar-refractivity contribution < 1.29 is 9.53 Å². The van der Waals surface area contributed by atoms with Gasteiger partial charge in [0.1, 0.15) is 0 Å². The van der Waals surface area contributed by atoms with Gasteiger partial charge in [-0.1, -0.05) is 0 Å². The van der Waals surface area contributed by atoms with Crippen LogP contribution in [0.2, 0.25) is 0 Å². The number of methoxy groups -OCH3 is 1. The van der Waals surface area contributed by atoms with E-state index in [1.807, 2.05) is 18.0 Å². The molecule has 5 nitrogen and oxygen atoms in total. The number of carbonyl (C=O) groups excluding carboxylic acids is 1. The molecule has 0 unspecified atom stereocenters. The van der Waals surface area contributed by atoms with Gasteiger partial charge in [-0.2, -0.15) is 5.26 Å². The van der Waals surface area contributed by atoms with E-state index < -0.39 is 0 Å². The van der Waals surface area contributed by atoms with Crippen LogP contribution in [0.25, 0.3) is 0 Å². The van der Waals surface area contributed by atoms with Crippen LogP contribution in [-0.2, 0) is 9.53 Å². The molecule has 0 bridgehead atoms. The standard InChI is InChI=1S/C14H19N3O2/c1-17(8-3-9-19-2)11-14(18)16-13-6-4-12(10-15)5-7-13/h4-7H,3,8-9,11H2,1-2H3,(H,16,18). The van der Waals surface area contributed by atoms with Crippen LogP contribution in [0, 0.1) is 11.3 Å². The van der Waals surface area contributed by atoms with Gasteiger partial charge in [0, 0.05) is 25.9 Å². The number of nitrogens with one attached hydrogen (secondary N) is 1. The van der Waals surface area contributed by atoms with Gasteiger partial charge in [-0.05, 0) is 37.7 Å². The number of carbonyl (C=O) groups is 1. The molecule has 5 heteroatoms. The fraction of sp³-hybridized carbons (Fsp3) is 0.429. The van der Waals surface area contributed by atoms with Gasteiger partial charge in [0.15, 0.2) is 0 Å². The zero-order valence-electron chi connectivity index (χ0n) is 11.3. The molecule has 0 aliphatic carbocycles. The number of ether oxygens (including phenoxy) is 1. The summed E-state index contributed by atoms with van der Waals surface area (Å²) in [4.78, 5) is 13.7. The molecule has 0 saturated heterocycles. The fourth-order valence-electron chi connectivity index (χ4n) is 1.63. The van der Waals surface area contributed by atoms with E-state index in [1.165, 1.54) is 0 Å². The number of nitriles is 1. The smallest absolute Gasteiger partial charge is 0.238 e. The average molecular weight is 261 g/mol. The first-order valence-electron chi connectivity index (χ1n) is 6.13. The molecule has 19 heavy (non-hydrogen) atoms. The van der Waals surface area contributed by atoms with Gasteiger partial charge in [-0.25, -0.2) is 0 Å². The number of likely N-dealkylation sites (N-methyl/N-ethyl adjacent to an activating group) is 1. The van der Waals surface area contributed by atoms with Crippen LogP contribution in [0.3, 0.4) is 0 Å². The molecule has 0 aromatic heterocycles. The number of hydrogen-bond acceptors (Lipinski definition) is 4. The predicted octanol–water partition coefficient (Wildman–Crippen LogP) is 1.47. The summed E-state index contributed by atoms with van der Waals surface area (Å²) in [6, 6.07) is 8.84. The van der Waals surface area contributed by atoms with Crippen LogP contribution in [0.5, 0.6) is 0 Å². The number of nitrogens with zero attached hydrogens (tertiary/aromatic N) is 2. The first-order chi connectivity index (χ1) is 9.15. The minimum absolute atomic E-state index is 0.0652. The van der Waals surface area contributed by atoms with Crippen molar-refractivity contribution in [3.63, 3.8) is 0 Å². The van der Waals surface area contributed by atoms with Gasteiger partial charge in [0.2, 0.25) is 5.91 Å². The maximum absolute atomic E-state index is 11.8. The van der Waals surface area contributed by atoms with Crippen LogP contribution >= 0.6 is 0 Å². The van der Waals surface area contributed by atoms with Gasteiger partial charge in [-0.3, -0.25) is 9.69 Å². The average Bonchev–Trinajstić information content (AvgIpc) is 2.39. The molecular weight excluding hydrogens is 242 g/mol. The van der Waals surface area contributed by atoms with Crippen molar-refractivity contribution in [3.8, 4) is 6.07 Å². The first-order valence-corrected chi connectivity index (χ1v) is 6.13. The number of hydrogen-bond donors (Lipinski definition) is 1. The minimum Gasteiger partial charge on any atom is -0.385 e. The molecule has 0 heterocycles. The van der Waals surface area contributed by atoms with E-state index in [0.29, 0.717) is 24.4 Å². The van der Waals surface area contributed by atoms with E-state index in [9.17, 15) is 4.79 Å². The highest BCUT2D eigenvalue weighted by Crippen LogP contribution is 2.08. The van der Waals surface area contributed by atoms with Crippen molar-refractivity contribution in [1.29, 1.82) is 5.26 Å². The Labute approximate surface area is 113 Å². The summed E-state index contributed by atoms with van der Waals surface area (Å²) in [6.45, 7) is 1.85. The summed E-state index contributed by atoms with van der Waals surface area (Å²) in [6.07, 6.45) is 0.900. The minimum atomic E-state index is -0.0652. The Kier molecular flexibility index (Phi) is 6.58. The van der Waals surface area contributed by atoms with Crippen molar-refractivity contribution in [2.45, 2.75) is 6.42 Å². The Bertz CT molecular complexity index is 437. The van der Waals surface area contributed by atoms with E-state index in [4.69, 9.17) is 10.00 Å². The largest absolute Gasteiger partial charge is 0.385 e. The van der Waals surface area contributed by atoms with Crippen LogP contribution in [0.15, 0.2) is 24.3 Å². The van der Waals surface area contributed by atoms with Crippen molar-refractivity contribution in [2.75, 3.05) is 39.2 Å². The lowest BCUT2D eigenvalue weighted by Crippen LogP contribution is -2.31. The highest BCUT2D eigenvalue weighted by molar-refractivity contribution is 5.92. The molecule has 1 amide bonds. The second-order valence-corrected chi connectivity index (χ2v) is 4.32. The van der Waals surface area contributed by atoms with E-state index in [-0.39, 0.29) is 5.91 Å². The van der Waals surface area contributed by atoms with E-state index >= 15 is 0 Å². The van der Waals surface area contributed by atoms with Gasteiger partial charge >= 0.3 is 0 Å². The monoisotopic (exact) mass is 261 g/mol. The van der Waals surface area contributed by atoms with Crippen molar-refractivity contribution in [2.24, 2.45) is 0 Å². The lowest BCUT2D eigenvalue weighted by Gasteiger charge is -2.15. The normalized spacial score (nSPS) is 10.2. The quantitative estimate of drug-likeness (QED) is 0.755. The Morgan fingerprint density at radius 1 is 1.42 bits per heavy atom. The Morgan fingerprint density at radius 2 is 2.11 bits per heavy atom. The van der Waals surface area contributed by atoms with Gasteiger partial charge < -0.3 is 10.1 Å². The molecule has 0 fully saturated rings. The zero-order chi connectivity index (χ0) is 14.1. The molecule has 0 radical (unpaired) electrons. The third-order valence-corrected chi connectivity index (χ3v) is 2.60. The third kappa shape index (κ3) is 6.00. The Hall–Kier alpha value is -1.90. The summed E-state index contributed by atoms with van der Waals surface area (Å²) in [5.74, 6) is -0.0652. The molecule has 0 spiro atoms. The second-order valence-electron chi connectivity index (χ2n) is 4.32. The molecule has 1 aromatic carbocycles. The second kappa shape index (κ2) is 8.25. The predicted molar refractivity (Wildman–Crippen MR) is 73.8 cm³/mol. The number of rotatable bonds is 7. The summed E-state index contributed by atoms with van der Waals surface area (Å²) < 4.78 is 4.96. The fourth-order valence-corrected chi connectivity index (χ4v) is 1.63. The maximum Gasteiger partial charge on any atom is 0.238 e. The highest BCUT2D eigenvalue weighted by Gasteiger charge is 2.06. The van der Waals surface area contributed by atoms with E-state index in [1.54, 1.807) is 31.4 Å². The van der Waals surface area contributed by atoms with Crippen LogP contribution in [0.4, 0.5) is 5.69 Å². The molecule has 1 N–H and O–H groups in total. The van der Waals surface area contributed by atoms with Crippen LogP contribution in [0.1, 0.15) is 12.0 Å². The lowest BCUT2D eigenvalue weighted by molar-refractivity contribution is -0.117. The first kappa shape index (κ1) is 15.2. The topological polar surface area (TPSA) is 65.4 Å². The number of anilines is 1. The summed E-state index contributed by atoms with van der Waals surface area (Å²) in [5, 5.41) is 11.5. The summed E-state index contributed by atoms with van der Waals surface area (Å²) >= 11 is 0. The maximum atomic E-state index is 11.8. The van der Waals surface area contributed by atoms with Gasteiger partial charge in [0.05, 0.1) is 18.2 Å². The molecule has 102 valence electrons.